The zero-order valence-corrected chi connectivity index (χ0v) is 7.98. The van der Waals surface area contributed by atoms with Crippen molar-refractivity contribution in [2.24, 2.45) is 17.8 Å². The van der Waals surface area contributed by atoms with Gasteiger partial charge in [-0.3, -0.25) is 0 Å². The van der Waals surface area contributed by atoms with Crippen molar-refractivity contribution in [1.29, 1.82) is 0 Å². The van der Waals surface area contributed by atoms with E-state index < -0.39 is 0 Å². The summed E-state index contributed by atoms with van der Waals surface area (Å²) in [5, 5.41) is 0.420. The molecule has 0 heterocycles. The van der Waals surface area contributed by atoms with Gasteiger partial charge >= 0.3 is 0 Å². The molecule has 2 bridgehead atoms. The summed E-state index contributed by atoms with van der Waals surface area (Å²) in [4.78, 5) is 0. The highest BCUT2D eigenvalue weighted by Crippen LogP contribution is 2.47. The monoisotopic (exact) mass is 172 g/mol. The molecule has 1 heteroatoms. The number of rotatable bonds is 1. The number of hydrogen-bond acceptors (Lipinski definition) is 0. The Morgan fingerprint density at radius 3 is 2.09 bits per heavy atom. The molecule has 2 atom stereocenters. The first kappa shape index (κ1) is 7.91. The van der Waals surface area contributed by atoms with E-state index >= 15 is 0 Å². The second-order valence-corrected chi connectivity index (χ2v) is 5.05. The van der Waals surface area contributed by atoms with Gasteiger partial charge in [0.15, 0.2) is 0 Å². The van der Waals surface area contributed by atoms with Crippen molar-refractivity contribution in [2.45, 2.75) is 44.4 Å². The van der Waals surface area contributed by atoms with E-state index in [1.165, 1.54) is 32.1 Å². The molecule has 2 unspecified atom stereocenters. The Morgan fingerprint density at radius 1 is 1.18 bits per heavy atom. The summed E-state index contributed by atoms with van der Waals surface area (Å²) in [5.41, 5.74) is 0. The Labute approximate surface area is 74.3 Å². The molecule has 0 radical (unpaired) electrons. The Morgan fingerprint density at radius 2 is 1.82 bits per heavy atom. The average molecular weight is 173 g/mol. The van der Waals surface area contributed by atoms with Crippen LogP contribution in [0.1, 0.15) is 39.0 Å². The normalized spacial score (nSPS) is 45.8. The van der Waals surface area contributed by atoms with Gasteiger partial charge in [0.25, 0.3) is 0 Å². The molecule has 3 rings (SSSR count). The van der Waals surface area contributed by atoms with Crippen molar-refractivity contribution < 1.29 is 0 Å². The zero-order valence-electron chi connectivity index (χ0n) is 7.22. The lowest BCUT2D eigenvalue weighted by atomic mass is 9.64. The molecular weight excluding hydrogens is 156 g/mol. The molecule has 3 aliphatic rings. The standard InChI is InChI=1S/C10H17Cl/c1-7(11)10-6-8-2-4-9(10)5-3-8/h7-10H,2-6H2,1H3. The fraction of sp³-hybridized carbons (Fsp3) is 1.00. The minimum Gasteiger partial charge on any atom is -0.123 e. The molecule has 0 aliphatic heterocycles. The van der Waals surface area contributed by atoms with E-state index in [0.29, 0.717) is 5.38 Å². The first-order valence-corrected chi connectivity index (χ1v) is 5.35. The summed E-state index contributed by atoms with van der Waals surface area (Å²) >= 11 is 6.15. The van der Waals surface area contributed by atoms with Gasteiger partial charge in [0, 0.05) is 5.38 Å². The van der Waals surface area contributed by atoms with E-state index in [0.717, 1.165) is 17.8 Å². The van der Waals surface area contributed by atoms with E-state index in [-0.39, 0.29) is 0 Å². The van der Waals surface area contributed by atoms with E-state index in [9.17, 15) is 0 Å². The predicted octanol–water partition coefficient (Wildman–Crippen LogP) is 3.44. The van der Waals surface area contributed by atoms with Gasteiger partial charge in [0.1, 0.15) is 0 Å². The highest BCUT2D eigenvalue weighted by atomic mass is 35.5. The quantitative estimate of drug-likeness (QED) is 0.532. The van der Waals surface area contributed by atoms with Crippen LogP contribution >= 0.6 is 11.6 Å². The van der Waals surface area contributed by atoms with Crippen molar-refractivity contribution in [3.05, 3.63) is 0 Å². The van der Waals surface area contributed by atoms with Gasteiger partial charge in [-0.25, -0.2) is 0 Å². The van der Waals surface area contributed by atoms with Crippen LogP contribution in [0.15, 0.2) is 0 Å². The minimum atomic E-state index is 0.420. The van der Waals surface area contributed by atoms with Crippen molar-refractivity contribution in [3.8, 4) is 0 Å². The van der Waals surface area contributed by atoms with Crippen molar-refractivity contribution in [1.82, 2.24) is 0 Å². The van der Waals surface area contributed by atoms with Crippen LogP contribution in [-0.2, 0) is 0 Å². The third kappa shape index (κ3) is 1.42. The molecule has 0 amide bonds. The number of halogens is 1. The average Bonchev–Trinajstić information content (AvgIpc) is 2.06. The maximum atomic E-state index is 6.15. The van der Waals surface area contributed by atoms with E-state index in [2.05, 4.69) is 6.92 Å². The third-order valence-electron chi connectivity index (χ3n) is 3.69. The molecule has 3 fully saturated rings. The summed E-state index contributed by atoms with van der Waals surface area (Å²) < 4.78 is 0. The molecule has 3 aliphatic carbocycles. The summed E-state index contributed by atoms with van der Waals surface area (Å²) in [6.07, 6.45) is 7.34. The van der Waals surface area contributed by atoms with Crippen LogP contribution in [0.3, 0.4) is 0 Å². The van der Waals surface area contributed by atoms with Gasteiger partial charge < -0.3 is 0 Å². The van der Waals surface area contributed by atoms with Crippen molar-refractivity contribution >= 4 is 11.6 Å². The first-order valence-electron chi connectivity index (χ1n) is 4.91. The van der Waals surface area contributed by atoms with Crippen LogP contribution in [0.4, 0.5) is 0 Å². The van der Waals surface area contributed by atoms with Crippen molar-refractivity contribution in [2.75, 3.05) is 0 Å². The zero-order chi connectivity index (χ0) is 7.84. The molecule has 0 aromatic carbocycles. The molecule has 0 N–H and O–H groups in total. The number of hydrogen-bond donors (Lipinski definition) is 0. The largest absolute Gasteiger partial charge is 0.123 e. The Bertz CT molecular complexity index is 134. The first-order chi connectivity index (χ1) is 5.27. The summed E-state index contributed by atoms with van der Waals surface area (Å²) in [7, 11) is 0. The second-order valence-electron chi connectivity index (χ2n) is 4.36. The van der Waals surface area contributed by atoms with Crippen LogP contribution in [0, 0.1) is 17.8 Å². The fourth-order valence-corrected chi connectivity index (χ4v) is 3.30. The molecule has 64 valence electrons. The van der Waals surface area contributed by atoms with Gasteiger partial charge in [-0.2, -0.15) is 0 Å². The predicted molar refractivity (Wildman–Crippen MR) is 48.9 cm³/mol. The molecule has 3 saturated carbocycles. The Hall–Kier alpha value is 0.290. The van der Waals surface area contributed by atoms with Gasteiger partial charge in [0.05, 0.1) is 0 Å². The Kier molecular flexibility index (Phi) is 2.14. The van der Waals surface area contributed by atoms with Crippen LogP contribution in [0.2, 0.25) is 0 Å². The maximum Gasteiger partial charge on any atom is 0.0338 e. The lowest BCUT2D eigenvalue weighted by Crippen LogP contribution is -2.35. The number of fused-ring (bicyclic) bond motifs is 3. The van der Waals surface area contributed by atoms with E-state index in [1.807, 2.05) is 0 Å². The van der Waals surface area contributed by atoms with Crippen LogP contribution < -0.4 is 0 Å². The van der Waals surface area contributed by atoms with Crippen LogP contribution in [0.25, 0.3) is 0 Å². The third-order valence-corrected chi connectivity index (χ3v) is 4.02. The van der Waals surface area contributed by atoms with Gasteiger partial charge in [-0.05, 0) is 43.9 Å². The molecule has 0 spiro atoms. The molecule has 0 nitrogen and oxygen atoms in total. The van der Waals surface area contributed by atoms with Crippen molar-refractivity contribution in [3.63, 3.8) is 0 Å². The minimum absolute atomic E-state index is 0.420. The topological polar surface area (TPSA) is 0 Å². The molecule has 0 aromatic rings. The SMILES string of the molecule is CC(Cl)C1CC2CCC1CC2. The van der Waals surface area contributed by atoms with Gasteiger partial charge in [0.2, 0.25) is 0 Å². The Balaban J connectivity index is 2.03. The van der Waals surface area contributed by atoms with Crippen LogP contribution in [-0.4, -0.2) is 5.38 Å². The van der Waals surface area contributed by atoms with E-state index in [4.69, 9.17) is 11.6 Å². The summed E-state index contributed by atoms with van der Waals surface area (Å²) in [6, 6.07) is 0. The molecule has 0 aromatic heterocycles. The number of alkyl halides is 1. The summed E-state index contributed by atoms with van der Waals surface area (Å²) in [5.74, 6) is 2.86. The summed E-state index contributed by atoms with van der Waals surface area (Å²) in [6.45, 7) is 2.17. The van der Waals surface area contributed by atoms with Gasteiger partial charge in [-0.1, -0.05) is 12.8 Å². The highest BCUT2D eigenvalue weighted by molar-refractivity contribution is 6.20. The highest BCUT2D eigenvalue weighted by Gasteiger charge is 2.37. The molecular formula is C10H17Cl. The maximum absolute atomic E-state index is 6.15. The second kappa shape index (κ2) is 2.97. The molecule has 11 heavy (non-hydrogen) atoms. The fourth-order valence-electron chi connectivity index (χ4n) is 2.99. The van der Waals surface area contributed by atoms with Crippen LogP contribution in [0.5, 0.6) is 0 Å². The van der Waals surface area contributed by atoms with E-state index in [1.54, 1.807) is 0 Å². The van der Waals surface area contributed by atoms with Gasteiger partial charge in [-0.15, -0.1) is 11.6 Å². The lowest BCUT2D eigenvalue weighted by Gasteiger charge is -2.43. The smallest absolute Gasteiger partial charge is 0.0338 e. The molecule has 0 saturated heterocycles. The lowest BCUT2D eigenvalue weighted by molar-refractivity contribution is 0.0987.